The molecular formula is C13H20BrN. The Balaban J connectivity index is 2.37. The van der Waals surface area contributed by atoms with Crippen LogP contribution in [0.4, 0.5) is 0 Å². The Kier molecular flexibility index (Phi) is 5.34. The van der Waals surface area contributed by atoms with Gasteiger partial charge in [-0.1, -0.05) is 41.9 Å². The van der Waals surface area contributed by atoms with E-state index in [1.165, 1.54) is 15.6 Å². The highest BCUT2D eigenvalue weighted by molar-refractivity contribution is 9.10. The fourth-order valence-corrected chi connectivity index (χ4v) is 2.16. The third kappa shape index (κ3) is 4.80. The van der Waals surface area contributed by atoms with Crippen molar-refractivity contribution in [2.45, 2.75) is 27.2 Å². The highest BCUT2D eigenvalue weighted by atomic mass is 79.9. The van der Waals surface area contributed by atoms with E-state index in [1.807, 2.05) is 0 Å². The molecule has 1 nitrogen and oxygen atoms in total. The Hall–Kier alpha value is -0.340. The van der Waals surface area contributed by atoms with E-state index in [2.05, 4.69) is 60.2 Å². The van der Waals surface area contributed by atoms with Crippen LogP contribution in [0.5, 0.6) is 0 Å². The van der Waals surface area contributed by atoms with Crippen LogP contribution in [-0.2, 0) is 6.42 Å². The Labute approximate surface area is 101 Å². The van der Waals surface area contributed by atoms with Crippen molar-refractivity contribution in [3.05, 3.63) is 33.8 Å². The van der Waals surface area contributed by atoms with Crippen molar-refractivity contribution < 1.29 is 0 Å². The van der Waals surface area contributed by atoms with Crippen LogP contribution < -0.4 is 5.32 Å². The Morgan fingerprint density at radius 2 is 2.07 bits per heavy atom. The lowest BCUT2D eigenvalue weighted by Gasteiger charge is -2.08. The van der Waals surface area contributed by atoms with Crippen LogP contribution in [0.15, 0.2) is 22.7 Å². The smallest absolute Gasteiger partial charge is 0.0210 e. The second-order valence-corrected chi connectivity index (χ2v) is 5.30. The third-order valence-corrected chi connectivity index (χ3v) is 3.07. The number of aryl methyl sites for hydroxylation is 1. The Bertz CT molecular complexity index is 307. The summed E-state index contributed by atoms with van der Waals surface area (Å²) in [7, 11) is 0. The Morgan fingerprint density at radius 1 is 1.33 bits per heavy atom. The van der Waals surface area contributed by atoms with E-state index in [0.717, 1.165) is 25.4 Å². The maximum absolute atomic E-state index is 3.60. The summed E-state index contributed by atoms with van der Waals surface area (Å²) in [5.41, 5.74) is 2.69. The van der Waals surface area contributed by atoms with Crippen molar-refractivity contribution in [1.29, 1.82) is 0 Å². The van der Waals surface area contributed by atoms with Crippen LogP contribution in [-0.4, -0.2) is 13.1 Å². The summed E-state index contributed by atoms with van der Waals surface area (Å²) in [5.74, 6) is 0.728. The highest BCUT2D eigenvalue weighted by Gasteiger charge is 2.00. The number of hydrogen-bond donors (Lipinski definition) is 1. The minimum absolute atomic E-state index is 0.728. The number of rotatable bonds is 5. The maximum Gasteiger partial charge on any atom is 0.0210 e. The van der Waals surface area contributed by atoms with Crippen LogP contribution in [0.2, 0.25) is 0 Å². The topological polar surface area (TPSA) is 12.0 Å². The molecule has 0 saturated carbocycles. The lowest BCUT2D eigenvalue weighted by Crippen LogP contribution is -2.22. The van der Waals surface area contributed by atoms with Gasteiger partial charge in [0.25, 0.3) is 0 Å². The van der Waals surface area contributed by atoms with E-state index in [0.29, 0.717) is 0 Å². The quantitative estimate of drug-likeness (QED) is 0.807. The van der Waals surface area contributed by atoms with Crippen molar-refractivity contribution in [2.24, 2.45) is 5.92 Å². The first kappa shape index (κ1) is 12.7. The highest BCUT2D eigenvalue weighted by Crippen LogP contribution is 2.18. The van der Waals surface area contributed by atoms with Crippen LogP contribution in [0.1, 0.15) is 25.0 Å². The summed E-state index contributed by atoms with van der Waals surface area (Å²) >= 11 is 3.60. The van der Waals surface area contributed by atoms with Gasteiger partial charge in [0.2, 0.25) is 0 Å². The van der Waals surface area contributed by atoms with Gasteiger partial charge in [-0.3, -0.25) is 0 Å². The molecule has 0 aliphatic heterocycles. The molecule has 2 heteroatoms. The van der Waals surface area contributed by atoms with Crippen LogP contribution >= 0.6 is 15.9 Å². The van der Waals surface area contributed by atoms with Gasteiger partial charge in [0.1, 0.15) is 0 Å². The molecule has 1 rings (SSSR count). The molecule has 1 N–H and O–H groups in total. The van der Waals surface area contributed by atoms with Crippen molar-refractivity contribution in [3.8, 4) is 0 Å². The largest absolute Gasteiger partial charge is 0.316 e. The summed E-state index contributed by atoms with van der Waals surface area (Å²) < 4.78 is 1.23. The summed E-state index contributed by atoms with van der Waals surface area (Å²) in [5, 5.41) is 3.45. The van der Waals surface area contributed by atoms with Gasteiger partial charge in [0.05, 0.1) is 0 Å². The molecule has 1 aromatic rings. The predicted octanol–water partition coefficient (Wildman–Crippen LogP) is 3.55. The van der Waals surface area contributed by atoms with Crippen LogP contribution in [0.25, 0.3) is 0 Å². The second kappa shape index (κ2) is 6.29. The number of benzene rings is 1. The first-order valence-corrected chi connectivity index (χ1v) is 6.34. The normalized spacial score (nSPS) is 11.0. The van der Waals surface area contributed by atoms with E-state index >= 15 is 0 Å². The van der Waals surface area contributed by atoms with E-state index in [-0.39, 0.29) is 0 Å². The van der Waals surface area contributed by atoms with Gasteiger partial charge in [-0.05, 0) is 49.5 Å². The van der Waals surface area contributed by atoms with Gasteiger partial charge >= 0.3 is 0 Å². The molecule has 0 aliphatic carbocycles. The summed E-state index contributed by atoms with van der Waals surface area (Å²) in [6, 6.07) is 6.55. The van der Waals surface area contributed by atoms with Crippen molar-refractivity contribution in [3.63, 3.8) is 0 Å². The lowest BCUT2D eigenvalue weighted by atomic mass is 10.1. The molecule has 0 saturated heterocycles. The third-order valence-electron chi connectivity index (χ3n) is 2.33. The standard InChI is InChI=1S/C13H20BrN/c1-10(2)9-15-7-6-12-5-4-11(3)8-13(12)14/h4-5,8,10,15H,6-7,9H2,1-3H3. The molecule has 0 spiro atoms. The number of hydrogen-bond acceptors (Lipinski definition) is 1. The lowest BCUT2D eigenvalue weighted by molar-refractivity contribution is 0.554. The first-order valence-electron chi connectivity index (χ1n) is 5.55. The van der Waals surface area contributed by atoms with Crippen molar-refractivity contribution >= 4 is 15.9 Å². The fraction of sp³-hybridized carbons (Fsp3) is 0.538. The molecule has 0 amide bonds. The molecular weight excluding hydrogens is 250 g/mol. The average Bonchev–Trinajstić information content (AvgIpc) is 2.14. The van der Waals surface area contributed by atoms with Gasteiger partial charge in [0.15, 0.2) is 0 Å². The monoisotopic (exact) mass is 269 g/mol. The zero-order chi connectivity index (χ0) is 11.3. The van der Waals surface area contributed by atoms with Gasteiger partial charge in [0, 0.05) is 4.47 Å². The van der Waals surface area contributed by atoms with E-state index < -0.39 is 0 Å². The van der Waals surface area contributed by atoms with Crippen LogP contribution in [0.3, 0.4) is 0 Å². The summed E-state index contributed by atoms with van der Waals surface area (Å²) in [6.07, 6.45) is 1.09. The molecule has 15 heavy (non-hydrogen) atoms. The molecule has 0 atom stereocenters. The number of nitrogens with one attached hydrogen (secondary N) is 1. The zero-order valence-electron chi connectivity index (χ0n) is 9.81. The molecule has 0 fully saturated rings. The first-order chi connectivity index (χ1) is 7.09. The Morgan fingerprint density at radius 3 is 2.67 bits per heavy atom. The average molecular weight is 270 g/mol. The fourth-order valence-electron chi connectivity index (χ4n) is 1.47. The molecule has 0 aromatic heterocycles. The predicted molar refractivity (Wildman–Crippen MR) is 70.3 cm³/mol. The van der Waals surface area contributed by atoms with Gasteiger partial charge in [-0.2, -0.15) is 0 Å². The molecule has 0 radical (unpaired) electrons. The molecule has 0 unspecified atom stereocenters. The van der Waals surface area contributed by atoms with E-state index in [9.17, 15) is 0 Å². The summed E-state index contributed by atoms with van der Waals surface area (Å²) in [4.78, 5) is 0. The van der Waals surface area contributed by atoms with E-state index in [4.69, 9.17) is 0 Å². The second-order valence-electron chi connectivity index (χ2n) is 4.44. The van der Waals surface area contributed by atoms with Crippen LogP contribution in [0, 0.1) is 12.8 Å². The van der Waals surface area contributed by atoms with Crippen molar-refractivity contribution in [2.75, 3.05) is 13.1 Å². The molecule has 0 heterocycles. The molecule has 0 bridgehead atoms. The zero-order valence-corrected chi connectivity index (χ0v) is 11.4. The van der Waals surface area contributed by atoms with Gasteiger partial charge in [-0.25, -0.2) is 0 Å². The van der Waals surface area contributed by atoms with Crippen molar-refractivity contribution in [1.82, 2.24) is 5.32 Å². The minimum Gasteiger partial charge on any atom is -0.316 e. The maximum atomic E-state index is 3.60. The minimum atomic E-state index is 0.728. The van der Waals surface area contributed by atoms with Gasteiger partial charge < -0.3 is 5.32 Å². The number of halogens is 1. The molecule has 1 aromatic carbocycles. The molecule has 0 aliphatic rings. The van der Waals surface area contributed by atoms with Gasteiger partial charge in [-0.15, -0.1) is 0 Å². The summed E-state index contributed by atoms with van der Waals surface area (Å²) in [6.45, 7) is 8.73. The SMILES string of the molecule is Cc1ccc(CCNCC(C)C)c(Br)c1. The van der Waals surface area contributed by atoms with E-state index in [1.54, 1.807) is 0 Å². The molecule has 84 valence electrons.